The van der Waals surface area contributed by atoms with Crippen molar-refractivity contribution < 1.29 is 14.2 Å². The number of nitro groups is 1. The molecular formula is C15H21N7O4. The largest absolute Gasteiger partial charge is 0.360 e. The second-order valence-corrected chi connectivity index (χ2v) is 6.27. The Morgan fingerprint density at radius 1 is 1.35 bits per heavy atom. The summed E-state index contributed by atoms with van der Waals surface area (Å²) < 4.78 is 6.46. The predicted molar refractivity (Wildman–Crippen MR) is 93.1 cm³/mol. The van der Waals surface area contributed by atoms with E-state index in [1.165, 1.54) is 0 Å². The highest BCUT2D eigenvalue weighted by Gasteiger charge is 2.30. The van der Waals surface area contributed by atoms with E-state index in [0.29, 0.717) is 49.3 Å². The smallest absolute Gasteiger partial charge is 0.333 e. The number of nitrogens with one attached hydrogen (secondary N) is 1. The molecule has 0 radical (unpaired) electrons. The van der Waals surface area contributed by atoms with E-state index in [0.717, 1.165) is 0 Å². The average Bonchev–Trinajstić information content (AvgIpc) is 3.10. The third-order valence-electron chi connectivity index (χ3n) is 4.28. The zero-order valence-electron chi connectivity index (χ0n) is 14.9. The highest BCUT2D eigenvalue weighted by molar-refractivity contribution is 5.91. The molecule has 0 spiro atoms. The van der Waals surface area contributed by atoms with E-state index in [2.05, 4.69) is 15.6 Å². The third kappa shape index (κ3) is 3.67. The van der Waals surface area contributed by atoms with Gasteiger partial charge in [-0.05, 0) is 13.8 Å². The van der Waals surface area contributed by atoms with Gasteiger partial charge in [0.25, 0.3) is 0 Å². The van der Waals surface area contributed by atoms with Crippen LogP contribution in [0.15, 0.2) is 10.6 Å². The summed E-state index contributed by atoms with van der Waals surface area (Å²) in [5.41, 5.74) is 0.442. The number of rotatable bonds is 5. The molecule has 0 bridgehead atoms. The molecule has 0 unspecified atom stereocenters. The van der Waals surface area contributed by atoms with Crippen molar-refractivity contribution in [2.45, 2.75) is 13.8 Å². The molecule has 1 saturated heterocycles. The van der Waals surface area contributed by atoms with Crippen LogP contribution in [0, 0.1) is 24.0 Å². The standard InChI is InChI=1S/C15H21N7O4/c1-10-8-12(18-26-10)16-13(23)9-20-4-6-21(7-5-20)15-14(22(24)25)11(2)17-19(15)3/h8H,4-7,9H2,1-3H3,(H,16,18,23). The number of piperazine rings is 1. The lowest BCUT2D eigenvalue weighted by Gasteiger charge is -2.34. The van der Waals surface area contributed by atoms with Crippen LogP contribution in [0.5, 0.6) is 0 Å². The Morgan fingerprint density at radius 2 is 2.04 bits per heavy atom. The first-order valence-electron chi connectivity index (χ1n) is 8.23. The Kier molecular flexibility index (Phi) is 4.89. The van der Waals surface area contributed by atoms with Crippen LogP contribution in [0.2, 0.25) is 0 Å². The van der Waals surface area contributed by atoms with E-state index < -0.39 is 4.92 Å². The summed E-state index contributed by atoms with van der Waals surface area (Å²) in [5.74, 6) is 1.36. The molecule has 1 amide bonds. The Balaban J connectivity index is 1.58. The van der Waals surface area contributed by atoms with E-state index in [-0.39, 0.29) is 18.1 Å². The van der Waals surface area contributed by atoms with Crippen molar-refractivity contribution in [1.29, 1.82) is 0 Å². The van der Waals surface area contributed by atoms with Crippen LogP contribution in [0.3, 0.4) is 0 Å². The van der Waals surface area contributed by atoms with E-state index in [4.69, 9.17) is 4.52 Å². The van der Waals surface area contributed by atoms with Gasteiger partial charge in [0.15, 0.2) is 5.82 Å². The molecule has 140 valence electrons. The van der Waals surface area contributed by atoms with Gasteiger partial charge in [-0.1, -0.05) is 5.16 Å². The maximum atomic E-state index is 12.1. The van der Waals surface area contributed by atoms with Gasteiger partial charge in [0.1, 0.15) is 11.5 Å². The van der Waals surface area contributed by atoms with Gasteiger partial charge >= 0.3 is 5.69 Å². The van der Waals surface area contributed by atoms with Crippen molar-refractivity contribution in [2.24, 2.45) is 7.05 Å². The fourth-order valence-electron chi connectivity index (χ4n) is 3.13. The SMILES string of the molecule is Cc1cc(NC(=O)CN2CCN(c3c([N+](=O)[O-])c(C)nn3C)CC2)no1. The summed E-state index contributed by atoms with van der Waals surface area (Å²) in [6.07, 6.45) is 0. The molecule has 2 aromatic rings. The molecule has 0 saturated carbocycles. The van der Waals surface area contributed by atoms with Crippen molar-refractivity contribution in [2.75, 3.05) is 42.9 Å². The highest BCUT2D eigenvalue weighted by Crippen LogP contribution is 2.31. The Labute approximate surface area is 149 Å². The molecular weight excluding hydrogens is 342 g/mol. The summed E-state index contributed by atoms with van der Waals surface area (Å²) in [7, 11) is 1.70. The number of carbonyl (C=O) groups is 1. The molecule has 3 heterocycles. The van der Waals surface area contributed by atoms with Gasteiger partial charge in [0.2, 0.25) is 11.7 Å². The van der Waals surface area contributed by atoms with Crippen molar-refractivity contribution in [3.05, 3.63) is 27.6 Å². The number of hydrogen-bond donors (Lipinski definition) is 1. The Bertz CT molecular complexity index is 820. The lowest BCUT2D eigenvalue weighted by molar-refractivity contribution is -0.384. The van der Waals surface area contributed by atoms with Gasteiger partial charge in [-0.2, -0.15) is 5.10 Å². The lowest BCUT2D eigenvalue weighted by Crippen LogP contribution is -2.49. The zero-order chi connectivity index (χ0) is 18.8. The number of nitrogens with zero attached hydrogens (tertiary/aromatic N) is 6. The molecule has 3 rings (SSSR count). The molecule has 26 heavy (non-hydrogen) atoms. The minimum Gasteiger partial charge on any atom is -0.360 e. The Morgan fingerprint density at radius 3 is 2.62 bits per heavy atom. The quantitative estimate of drug-likeness (QED) is 0.608. The number of anilines is 2. The highest BCUT2D eigenvalue weighted by atomic mass is 16.6. The molecule has 2 aromatic heterocycles. The number of amides is 1. The molecule has 1 N–H and O–H groups in total. The van der Waals surface area contributed by atoms with Crippen molar-refractivity contribution in [3.8, 4) is 0 Å². The molecule has 0 atom stereocenters. The summed E-state index contributed by atoms with van der Waals surface area (Å²) in [4.78, 5) is 27.0. The van der Waals surface area contributed by atoms with Crippen LogP contribution >= 0.6 is 0 Å². The van der Waals surface area contributed by atoms with Crippen LogP contribution in [0.25, 0.3) is 0 Å². The first-order valence-corrected chi connectivity index (χ1v) is 8.23. The van der Waals surface area contributed by atoms with Crippen LogP contribution in [0.1, 0.15) is 11.5 Å². The van der Waals surface area contributed by atoms with Gasteiger partial charge in [-0.25, -0.2) is 4.68 Å². The molecule has 11 nitrogen and oxygen atoms in total. The van der Waals surface area contributed by atoms with Crippen LogP contribution in [0.4, 0.5) is 17.3 Å². The summed E-state index contributed by atoms with van der Waals surface area (Å²) in [6.45, 7) is 6.01. The molecule has 1 aliphatic rings. The van der Waals surface area contributed by atoms with Crippen molar-refractivity contribution in [1.82, 2.24) is 19.8 Å². The van der Waals surface area contributed by atoms with Crippen molar-refractivity contribution in [3.63, 3.8) is 0 Å². The average molecular weight is 363 g/mol. The van der Waals surface area contributed by atoms with E-state index in [1.807, 2.05) is 9.80 Å². The summed E-state index contributed by atoms with van der Waals surface area (Å²) in [6, 6.07) is 1.65. The fraction of sp³-hybridized carbons (Fsp3) is 0.533. The second kappa shape index (κ2) is 7.12. The monoisotopic (exact) mass is 363 g/mol. The maximum Gasteiger partial charge on any atom is 0.333 e. The summed E-state index contributed by atoms with van der Waals surface area (Å²) >= 11 is 0. The fourth-order valence-corrected chi connectivity index (χ4v) is 3.13. The van der Waals surface area contributed by atoms with Gasteiger partial charge in [0.05, 0.1) is 11.5 Å². The molecule has 0 aromatic carbocycles. The summed E-state index contributed by atoms with van der Waals surface area (Å²) in [5, 5.41) is 21.9. The number of hydrogen-bond acceptors (Lipinski definition) is 8. The predicted octanol–water partition coefficient (Wildman–Crippen LogP) is 0.694. The number of carbonyl (C=O) groups excluding carboxylic acids is 1. The topological polar surface area (TPSA) is 123 Å². The second-order valence-electron chi connectivity index (χ2n) is 6.27. The minimum absolute atomic E-state index is 0.0418. The number of aryl methyl sites for hydroxylation is 3. The Hall–Kier alpha value is -2.95. The molecule has 1 aliphatic heterocycles. The first kappa shape index (κ1) is 17.9. The molecule has 1 fully saturated rings. The van der Waals surface area contributed by atoms with Gasteiger partial charge in [-0.15, -0.1) is 0 Å². The van der Waals surface area contributed by atoms with Crippen LogP contribution in [-0.2, 0) is 11.8 Å². The first-order chi connectivity index (χ1) is 12.3. The lowest BCUT2D eigenvalue weighted by atomic mass is 10.2. The van der Waals surface area contributed by atoms with Gasteiger partial charge in [-0.3, -0.25) is 19.8 Å². The van der Waals surface area contributed by atoms with E-state index in [1.54, 1.807) is 31.6 Å². The zero-order valence-corrected chi connectivity index (χ0v) is 14.9. The number of aromatic nitrogens is 3. The van der Waals surface area contributed by atoms with Crippen LogP contribution < -0.4 is 10.2 Å². The third-order valence-corrected chi connectivity index (χ3v) is 4.28. The van der Waals surface area contributed by atoms with Crippen molar-refractivity contribution >= 4 is 23.2 Å². The van der Waals surface area contributed by atoms with E-state index in [9.17, 15) is 14.9 Å². The van der Waals surface area contributed by atoms with Crippen LogP contribution in [-0.4, -0.2) is 63.4 Å². The van der Waals surface area contributed by atoms with Gasteiger partial charge < -0.3 is 14.7 Å². The molecule has 11 heteroatoms. The molecule has 0 aliphatic carbocycles. The maximum absolute atomic E-state index is 12.1. The minimum atomic E-state index is -0.391. The van der Waals surface area contributed by atoms with E-state index >= 15 is 0 Å². The van der Waals surface area contributed by atoms with Gasteiger partial charge in [0, 0.05) is 39.3 Å². The normalized spacial score (nSPS) is 15.3.